The number of hydrogen-bond acceptors (Lipinski definition) is 5. The van der Waals surface area contributed by atoms with Gasteiger partial charge < -0.3 is 13.6 Å². The summed E-state index contributed by atoms with van der Waals surface area (Å²) in [5.74, 6) is 1.88. The van der Waals surface area contributed by atoms with E-state index in [4.69, 9.17) is 24.4 Å². The van der Waals surface area contributed by atoms with Crippen molar-refractivity contribution in [2.24, 2.45) is 0 Å². The predicted molar refractivity (Wildman–Crippen MR) is 284 cm³/mol. The van der Waals surface area contributed by atoms with Crippen LogP contribution < -0.4 is 0 Å². The summed E-state index contributed by atoms with van der Waals surface area (Å²) in [5, 5.41) is 6.66. The van der Waals surface area contributed by atoms with Crippen LogP contribution in [0.2, 0.25) is 0 Å². The fourth-order valence-corrected chi connectivity index (χ4v) is 10.7. The summed E-state index contributed by atoms with van der Waals surface area (Å²) < 4.78 is 13.8. The normalized spacial score (nSPS) is 12.0. The van der Waals surface area contributed by atoms with Gasteiger partial charge in [0, 0.05) is 49.6 Å². The highest BCUT2D eigenvalue weighted by Gasteiger charge is 2.26. The average molecular weight is 896 g/mol. The molecule has 0 aliphatic heterocycles. The van der Waals surface area contributed by atoms with Crippen molar-refractivity contribution in [1.29, 1.82) is 0 Å². The Labute approximate surface area is 399 Å². The van der Waals surface area contributed by atoms with Crippen LogP contribution in [-0.4, -0.2) is 33.5 Å². The number of imidazole rings is 1. The van der Waals surface area contributed by atoms with E-state index in [1.165, 1.54) is 5.39 Å². The van der Waals surface area contributed by atoms with Crippen molar-refractivity contribution in [1.82, 2.24) is 33.5 Å². The van der Waals surface area contributed by atoms with Gasteiger partial charge in [0.05, 0.1) is 43.9 Å². The number of aromatic nitrogens is 7. The van der Waals surface area contributed by atoms with Crippen LogP contribution in [0.25, 0.3) is 139 Å². The second kappa shape index (κ2) is 14.9. The third-order valence-electron chi connectivity index (χ3n) is 13.9. The number of fused-ring (bicyclic) bond motifs is 15. The molecule has 0 fully saturated rings. The molecule has 70 heavy (non-hydrogen) atoms. The molecule has 15 aromatic rings. The van der Waals surface area contributed by atoms with Crippen molar-refractivity contribution in [2.45, 2.75) is 0 Å². The molecule has 0 atom stereocenters. The highest BCUT2D eigenvalue weighted by Crippen LogP contribution is 2.45. The lowest BCUT2D eigenvalue weighted by Crippen LogP contribution is -2.01. The maximum absolute atomic E-state index is 6.80. The van der Waals surface area contributed by atoms with Gasteiger partial charge in [0.15, 0.2) is 23.1 Å². The van der Waals surface area contributed by atoms with Gasteiger partial charge in [0.25, 0.3) is 0 Å². The van der Waals surface area contributed by atoms with Gasteiger partial charge in [-0.2, -0.15) is 0 Å². The molecule has 6 heterocycles. The van der Waals surface area contributed by atoms with E-state index >= 15 is 0 Å². The van der Waals surface area contributed by atoms with Gasteiger partial charge in [-0.3, -0.25) is 4.40 Å². The number of furan rings is 1. The van der Waals surface area contributed by atoms with Crippen LogP contribution in [0.5, 0.6) is 0 Å². The molecule has 0 aliphatic carbocycles. The van der Waals surface area contributed by atoms with E-state index in [1.807, 2.05) is 66.7 Å². The SMILES string of the molecule is c1ccc(-c2nc(-c3ccccc3)nc(-c3cccc(-n4c5ccccc5c5cc(-c6ccc7c(c6)c6c(c8c9ccccc9oc8n8c9ccccc9nc68)n7-c6ccccc6)ccc54)c3)n2)cc1. The molecule has 0 amide bonds. The summed E-state index contributed by atoms with van der Waals surface area (Å²) in [6, 6.07) is 78.5. The van der Waals surface area contributed by atoms with E-state index in [-0.39, 0.29) is 0 Å². The Morgan fingerprint density at radius 3 is 1.60 bits per heavy atom. The second-order valence-corrected chi connectivity index (χ2v) is 17.8. The summed E-state index contributed by atoms with van der Waals surface area (Å²) in [7, 11) is 0. The molecule has 0 saturated heterocycles. The minimum absolute atomic E-state index is 0.615. The molecule has 0 radical (unpaired) electrons. The van der Waals surface area contributed by atoms with Gasteiger partial charge in [-0.05, 0) is 83.9 Å². The van der Waals surface area contributed by atoms with Crippen molar-refractivity contribution >= 4 is 82.4 Å². The number of para-hydroxylation sites is 5. The van der Waals surface area contributed by atoms with Crippen LogP contribution in [0, 0.1) is 0 Å². The quantitative estimate of drug-likeness (QED) is 0.166. The van der Waals surface area contributed by atoms with E-state index in [1.54, 1.807) is 0 Å². The molecule has 8 heteroatoms. The fourth-order valence-electron chi connectivity index (χ4n) is 10.7. The number of hydrogen-bond donors (Lipinski definition) is 0. The molecule has 0 spiro atoms. The summed E-state index contributed by atoms with van der Waals surface area (Å²) >= 11 is 0. The van der Waals surface area contributed by atoms with Gasteiger partial charge in [0.1, 0.15) is 5.58 Å². The maximum Gasteiger partial charge on any atom is 0.216 e. The highest BCUT2D eigenvalue weighted by atomic mass is 16.3. The fraction of sp³-hybridized carbons (Fsp3) is 0. The summed E-state index contributed by atoms with van der Waals surface area (Å²) in [5.41, 5.74) is 15.9. The first kappa shape index (κ1) is 38.4. The van der Waals surface area contributed by atoms with E-state index in [0.29, 0.717) is 17.5 Å². The molecule has 326 valence electrons. The Morgan fingerprint density at radius 2 is 0.871 bits per heavy atom. The molecule has 0 N–H and O–H groups in total. The number of pyridine rings is 1. The Morgan fingerprint density at radius 1 is 0.329 bits per heavy atom. The zero-order valence-electron chi connectivity index (χ0n) is 37.4. The summed E-state index contributed by atoms with van der Waals surface area (Å²) in [4.78, 5) is 20.4. The minimum Gasteiger partial charge on any atom is -0.439 e. The first-order chi connectivity index (χ1) is 34.7. The molecular weight excluding hydrogens is 859 g/mol. The van der Waals surface area contributed by atoms with Gasteiger partial charge in [-0.15, -0.1) is 0 Å². The monoisotopic (exact) mass is 895 g/mol. The van der Waals surface area contributed by atoms with Crippen molar-refractivity contribution in [3.05, 3.63) is 224 Å². The molecule has 0 unspecified atom stereocenters. The van der Waals surface area contributed by atoms with Crippen molar-refractivity contribution in [2.75, 3.05) is 0 Å². The molecule has 9 aromatic carbocycles. The second-order valence-electron chi connectivity index (χ2n) is 17.8. The largest absolute Gasteiger partial charge is 0.439 e. The van der Waals surface area contributed by atoms with Crippen LogP contribution in [-0.2, 0) is 0 Å². The standard InChI is InChI=1S/C62H37N7O/c1-4-17-38(18-5-1)58-64-59(39-19-6-2-7-20-39)66-60(65-58)42-21-16-24-44(35-42)67-50-28-13-10-25-45(50)47-36-40(31-33-51(47)67)41-32-34-52-48(37-41)55-57(68(52)43-22-8-3-9-23-43)56-46-26-11-15-30-54(46)70-62(56)69-53-29-14-12-27-49(53)63-61(55)69/h1-37H. The van der Waals surface area contributed by atoms with Gasteiger partial charge in [0.2, 0.25) is 5.71 Å². The first-order valence-corrected chi connectivity index (χ1v) is 23.5. The highest BCUT2D eigenvalue weighted by molar-refractivity contribution is 6.29. The van der Waals surface area contributed by atoms with Crippen LogP contribution in [0.3, 0.4) is 0 Å². The average Bonchev–Trinajstić information content (AvgIpc) is 4.19. The van der Waals surface area contributed by atoms with E-state index in [2.05, 4.69) is 171 Å². The topological polar surface area (TPSA) is 79.0 Å². The summed E-state index contributed by atoms with van der Waals surface area (Å²) in [6.07, 6.45) is 0. The predicted octanol–water partition coefficient (Wildman–Crippen LogP) is 15.4. The first-order valence-electron chi connectivity index (χ1n) is 23.5. The molecule has 8 nitrogen and oxygen atoms in total. The Kier molecular flexibility index (Phi) is 8.20. The smallest absolute Gasteiger partial charge is 0.216 e. The van der Waals surface area contributed by atoms with Crippen LogP contribution in [0.15, 0.2) is 229 Å². The van der Waals surface area contributed by atoms with Crippen LogP contribution in [0.4, 0.5) is 0 Å². The van der Waals surface area contributed by atoms with Crippen molar-refractivity contribution in [3.8, 4) is 56.7 Å². The van der Waals surface area contributed by atoms with Crippen molar-refractivity contribution in [3.63, 3.8) is 0 Å². The van der Waals surface area contributed by atoms with Crippen LogP contribution in [0.1, 0.15) is 0 Å². The minimum atomic E-state index is 0.615. The van der Waals surface area contributed by atoms with E-state index < -0.39 is 0 Å². The Hall–Kier alpha value is -9.66. The Bertz CT molecular complexity index is 4530. The van der Waals surface area contributed by atoms with Crippen LogP contribution >= 0.6 is 0 Å². The third kappa shape index (κ3) is 5.71. The zero-order chi connectivity index (χ0) is 45.9. The Balaban J connectivity index is 0.933. The molecule has 0 saturated carbocycles. The lowest BCUT2D eigenvalue weighted by molar-refractivity contribution is 0.650. The van der Waals surface area contributed by atoms with Crippen molar-refractivity contribution < 1.29 is 4.42 Å². The number of benzene rings is 9. The number of rotatable bonds is 6. The number of nitrogens with zero attached hydrogens (tertiary/aromatic N) is 7. The van der Waals surface area contributed by atoms with Gasteiger partial charge in [-0.25, -0.2) is 19.9 Å². The molecular formula is C62H37N7O. The molecule has 6 aromatic heterocycles. The van der Waals surface area contributed by atoms with E-state index in [0.717, 1.165) is 116 Å². The lowest BCUT2D eigenvalue weighted by Gasteiger charge is -2.12. The van der Waals surface area contributed by atoms with Gasteiger partial charge in [-0.1, -0.05) is 152 Å². The molecule has 15 rings (SSSR count). The zero-order valence-corrected chi connectivity index (χ0v) is 37.4. The molecule has 0 aliphatic rings. The third-order valence-corrected chi connectivity index (χ3v) is 13.9. The van der Waals surface area contributed by atoms with E-state index in [9.17, 15) is 0 Å². The maximum atomic E-state index is 6.80. The lowest BCUT2D eigenvalue weighted by atomic mass is 10.0. The summed E-state index contributed by atoms with van der Waals surface area (Å²) in [6.45, 7) is 0. The van der Waals surface area contributed by atoms with Gasteiger partial charge >= 0.3 is 0 Å². The molecule has 0 bridgehead atoms.